The van der Waals surface area contributed by atoms with Crippen molar-refractivity contribution in [3.63, 3.8) is 0 Å². The summed E-state index contributed by atoms with van der Waals surface area (Å²) < 4.78 is 49.7. The number of ether oxygens (including phenoxy) is 2. The lowest BCUT2D eigenvalue weighted by Gasteiger charge is -2.22. The maximum absolute atomic E-state index is 12.9. The summed E-state index contributed by atoms with van der Waals surface area (Å²) in [4.78, 5) is 31.0. The molecule has 0 radical (unpaired) electrons. The minimum Gasteiger partial charge on any atom is -0.496 e. The van der Waals surface area contributed by atoms with E-state index < -0.39 is 23.6 Å². The Hall–Kier alpha value is -4.57. The smallest absolute Gasteiger partial charge is 0.416 e. The van der Waals surface area contributed by atoms with E-state index in [1.165, 1.54) is 37.3 Å². The van der Waals surface area contributed by atoms with Crippen LogP contribution in [0, 0.1) is 6.92 Å². The van der Waals surface area contributed by atoms with Crippen LogP contribution in [0.1, 0.15) is 22.4 Å². The third-order valence-electron chi connectivity index (χ3n) is 6.45. The molecule has 1 heterocycles. The molecular formula is C31H27ClF3N3O4. The minimum atomic E-state index is -4.44. The van der Waals surface area contributed by atoms with E-state index in [0.29, 0.717) is 34.0 Å². The largest absolute Gasteiger partial charge is 0.496 e. The van der Waals surface area contributed by atoms with Crippen molar-refractivity contribution >= 4 is 46.1 Å². The van der Waals surface area contributed by atoms with Crippen LogP contribution in [-0.2, 0) is 22.4 Å². The van der Waals surface area contributed by atoms with E-state index >= 15 is 0 Å². The third-order valence-corrected chi connectivity index (χ3v) is 6.88. The van der Waals surface area contributed by atoms with Gasteiger partial charge in [0.05, 0.1) is 46.7 Å². The number of pyridine rings is 1. The molecule has 0 fully saturated rings. The Morgan fingerprint density at radius 1 is 1.05 bits per heavy atom. The number of nitrogens with one attached hydrogen (secondary N) is 1. The summed E-state index contributed by atoms with van der Waals surface area (Å²) in [7, 11) is 3.02. The van der Waals surface area contributed by atoms with E-state index in [9.17, 15) is 22.8 Å². The number of fused-ring (bicyclic) bond motifs is 1. The average Bonchev–Trinajstić information content (AvgIpc) is 2.97. The third kappa shape index (κ3) is 7.19. The maximum Gasteiger partial charge on any atom is 0.416 e. The van der Waals surface area contributed by atoms with E-state index in [-0.39, 0.29) is 18.2 Å². The number of carbonyl (C=O) groups excluding carboxylic acids is 2. The molecule has 218 valence electrons. The van der Waals surface area contributed by atoms with E-state index in [0.717, 1.165) is 29.1 Å². The first kappa shape index (κ1) is 30.4. The van der Waals surface area contributed by atoms with Crippen LogP contribution < -0.4 is 19.7 Å². The Balaban J connectivity index is 1.41. The second-order valence-corrected chi connectivity index (χ2v) is 9.63. The molecule has 7 nitrogen and oxygen atoms in total. The number of aryl methyl sites for hydroxylation is 1. The second-order valence-electron chi connectivity index (χ2n) is 9.26. The first-order chi connectivity index (χ1) is 20.0. The second kappa shape index (κ2) is 12.9. The molecule has 0 atom stereocenters. The molecule has 1 N–H and O–H groups in total. The van der Waals surface area contributed by atoms with Crippen LogP contribution >= 0.6 is 11.6 Å². The van der Waals surface area contributed by atoms with Gasteiger partial charge in [0.25, 0.3) is 0 Å². The summed E-state index contributed by atoms with van der Waals surface area (Å²) in [5.74, 6) is -0.00265. The normalized spacial score (nSPS) is 11.5. The standard InChI is InChI=1S/C31H27ClF3N3O4/c1-19-27(16-21-6-4-5-7-24(21)37-19)42-18-23-26(41-3)14-13-25(30(23)32)38(2)29(40)17-36-28(39)15-10-20-8-11-22(12-9-20)31(33,34)35/h4-16H,17-18H2,1-3H3,(H,36,39). The number of aromatic nitrogens is 1. The lowest BCUT2D eigenvalue weighted by Crippen LogP contribution is -2.37. The summed E-state index contributed by atoms with van der Waals surface area (Å²) in [6.45, 7) is 1.55. The lowest BCUT2D eigenvalue weighted by molar-refractivity contribution is -0.137. The highest BCUT2D eigenvalue weighted by Gasteiger charge is 2.29. The van der Waals surface area contributed by atoms with Gasteiger partial charge in [-0.1, -0.05) is 41.9 Å². The molecule has 0 aliphatic carbocycles. The fraction of sp³-hybridized carbons (Fsp3) is 0.194. The van der Waals surface area contributed by atoms with Gasteiger partial charge in [-0.25, -0.2) is 4.98 Å². The van der Waals surface area contributed by atoms with Gasteiger partial charge in [0.2, 0.25) is 11.8 Å². The van der Waals surface area contributed by atoms with Gasteiger partial charge >= 0.3 is 6.18 Å². The van der Waals surface area contributed by atoms with Crippen LogP contribution in [0.4, 0.5) is 18.9 Å². The molecular weight excluding hydrogens is 571 g/mol. The van der Waals surface area contributed by atoms with Crippen molar-refractivity contribution in [2.24, 2.45) is 0 Å². The molecule has 3 aromatic carbocycles. The highest BCUT2D eigenvalue weighted by molar-refractivity contribution is 6.34. The van der Waals surface area contributed by atoms with Crippen LogP contribution in [0.5, 0.6) is 11.5 Å². The number of hydrogen-bond donors (Lipinski definition) is 1. The number of carbonyl (C=O) groups is 2. The molecule has 11 heteroatoms. The zero-order chi connectivity index (χ0) is 30.4. The molecule has 0 bridgehead atoms. The Kier molecular flexibility index (Phi) is 9.37. The first-order valence-electron chi connectivity index (χ1n) is 12.7. The van der Waals surface area contributed by atoms with Gasteiger partial charge in [0, 0.05) is 18.5 Å². The van der Waals surface area contributed by atoms with Gasteiger partial charge in [-0.3, -0.25) is 9.59 Å². The number of anilines is 1. The van der Waals surface area contributed by atoms with Crippen molar-refractivity contribution in [3.8, 4) is 11.5 Å². The number of methoxy groups -OCH3 is 1. The number of alkyl halides is 3. The fourth-order valence-electron chi connectivity index (χ4n) is 4.09. The monoisotopic (exact) mass is 597 g/mol. The topological polar surface area (TPSA) is 80.8 Å². The van der Waals surface area contributed by atoms with Crippen LogP contribution in [0.3, 0.4) is 0 Å². The molecule has 2 amide bonds. The zero-order valence-corrected chi connectivity index (χ0v) is 23.7. The molecule has 42 heavy (non-hydrogen) atoms. The average molecular weight is 598 g/mol. The van der Waals surface area contributed by atoms with Crippen molar-refractivity contribution in [3.05, 3.63) is 100 Å². The SMILES string of the molecule is COc1ccc(N(C)C(=O)CNC(=O)C=Cc2ccc(C(F)(F)F)cc2)c(Cl)c1COc1cc2ccccc2nc1C. The molecule has 4 aromatic rings. The van der Waals surface area contributed by atoms with E-state index in [1.54, 1.807) is 12.1 Å². The molecule has 0 aliphatic heterocycles. The number of likely N-dealkylation sites (N-methyl/N-ethyl adjacent to an activating group) is 1. The Morgan fingerprint density at radius 3 is 2.45 bits per heavy atom. The summed E-state index contributed by atoms with van der Waals surface area (Å²) in [5.41, 5.74) is 2.07. The van der Waals surface area contributed by atoms with Crippen molar-refractivity contribution < 1.29 is 32.2 Å². The summed E-state index contributed by atoms with van der Waals surface area (Å²) in [5, 5.41) is 3.63. The number of para-hydroxylation sites is 1. The Bertz CT molecular complexity index is 1640. The van der Waals surface area contributed by atoms with Crippen LogP contribution in [0.25, 0.3) is 17.0 Å². The van der Waals surface area contributed by atoms with E-state index in [1.807, 2.05) is 37.3 Å². The Morgan fingerprint density at radius 2 is 1.76 bits per heavy atom. The number of benzene rings is 3. The van der Waals surface area contributed by atoms with Gasteiger partial charge in [-0.05, 0) is 55.0 Å². The molecule has 1 aromatic heterocycles. The van der Waals surface area contributed by atoms with Gasteiger partial charge in [-0.15, -0.1) is 0 Å². The predicted octanol–water partition coefficient (Wildman–Crippen LogP) is 6.60. The van der Waals surface area contributed by atoms with Crippen LogP contribution in [0.15, 0.2) is 72.8 Å². The highest BCUT2D eigenvalue weighted by Crippen LogP contribution is 2.36. The molecule has 0 aliphatic rings. The molecule has 0 spiro atoms. The fourth-order valence-corrected chi connectivity index (χ4v) is 4.43. The Labute approximate surface area is 245 Å². The summed E-state index contributed by atoms with van der Waals surface area (Å²) >= 11 is 6.71. The minimum absolute atomic E-state index is 0.0459. The van der Waals surface area contributed by atoms with Gasteiger partial charge in [-0.2, -0.15) is 13.2 Å². The number of amides is 2. The quantitative estimate of drug-likeness (QED) is 0.220. The van der Waals surface area contributed by atoms with Crippen molar-refractivity contribution in [2.75, 3.05) is 25.6 Å². The maximum atomic E-state index is 12.9. The zero-order valence-electron chi connectivity index (χ0n) is 23.0. The number of nitrogens with zero attached hydrogens (tertiary/aromatic N) is 2. The van der Waals surface area contributed by atoms with Gasteiger partial charge in [0.15, 0.2) is 0 Å². The molecule has 0 unspecified atom stereocenters. The number of hydrogen-bond acceptors (Lipinski definition) is 5. The van der Waals surface area contributed by atoms with Crippen LogP contribution in [0.2, 0.25) is 5.02 Å². The lowest BCUT2D eigenvalue weighted by atomic mass is 10.1. The van der Waals surface area contributed by atoms with Crippen molar-refractivity contribution in [1.29, 1.82) is 0 Å². The number of halogens is 4. The van der Waals surface area contributed by atoms with Crippen molar-refractivity contribution in [2.45, 2.75) is 19.7 Å². The van der Waals surface area contributed by atoms with E-state index in [2.05, 4.69) is 10.3 Å². The molecule has 0 saturated heterocycles. The highest BCUT2D eigenvalue weighted by atomic mass is 35.5. The predicted molar refractivity (Wildman–Crippen MR) is 156 cm³/mol. The summed E-state index contributed by atoms with van der Waals surface area (Å²) in [6.07, 6.45) is -1.96. The van der Waals surface area contributed by atoms with E-state index in [4.69, 9.17) is 21.1 Å². The molecule has 0 saturated carbocycles. The number of rotatable bonds is 9. The van der Waals surface area contributed by atoms with Crippen LogP contribution in [-0.4, -0.2) is 37.5 Å². The first-order valence-corrected chi connectivity index (χ1v) is 13.1. The summed E-state index contributed by atoms with van der Waals surface area (Å²) in [6, 6.07) is 17.2. The van der Waals surface area contributed by atoms with Gasteiger partial charge < -0.3 is 19.7 Å². The van der Waals surface area contributed by atoms with Gasteiger partial charge in [0.1, 0.15) is 18.1 Å². The van der Waals surface area contributed by atoms with Crippen molar-refractivity contribution in [1.82, 2.24) is 10.3 Å². The molecule has 4 rings (SSSR count).